The smallest absolute Gasteiger partial charge is 0.257 e. The van der Waals surface area contributed by atoms with Gasteiger partial charge in [-0.3, -0.25) is 10.1 Å². The molecular weight excluding hydrogens is 380 g/mol. The van der Waals surface area contributed by atoms with E-state index in [1.54, 1.807) is 56.7 Å². The van der Waals surface area contributed by atoms with Gasteiger partial charge in [0.05, 0.1) is 18.7 Å². The van der Waals surface area contributed by atoms with Gasteiger partial charge in [0.25, 0.3) is 5.91 Å². The monoisotopic (exact) mass is 394 g/mol. The zero-order chi connectivity index (χ0) is 16.8. The molecule has 0 unspecified atom stereocenters. The van der Waals surface area contributed by atoms with Crippen LogP contribution >= 0.6 is 28.1 Å². The summed E-state index contributed by atoms with van der Waals surface area (Å²) in [6.45, 7) is 0. The van der Waals surface area contributed by atoms with E-state index in [4.69, 9.17) is 21.7 Å². The highest BCUT2D eigenvalue weighted by Gasteiger charge is 2.10. The van der Waals surface area contributed by atoms with Crippen LogP contribution in [0.4, 0.5) is 5.69 Å². The Morgan fingerprint density at radius 2 is 1.78 bits per heavy atom. The average Bonchev–Trinajstić information content (AvgIpc) is 2.55. The highest BCUT2D eigenvalue weighted by Crippen LogP contribution is 2.25. The molecule has 0 radical (unpaired) electrons. The summed E-state index contributed by atoms with van der Waals surface area (Å²) in [6, 6.07) is 12.3. The van der Waals surface area contributed by atoms with E-state index in [1.165, 1.54) is 0 Å². The standard InChI is InChI=1S/C16H15BrN2O3S/c1-21-12-6-4-11(5-7-12)18-16(23)19-15(20)10-3-8-14(22-2)13(17)9-10/h3-9H,1-2H3,(H2,18,19,20,23). The lowest BCUT2D eigenvalue weighted by Gasteiger charge is -2.11. The van der Waals surface area contributed by atoms with Crippen LogP contribution < -0.4 is 20.1 Å². The van der Waals surface area contributed by atoms with Gasteiger partial charge in [-0.1, -0.05) is 0 Å². The molecule has 0 aliphatic carbocycles. The highest BCUT2D eigenvalue weighted by atomic mass is 79.9. The van der Waals surface area contributed by atoms with Crippen molar-refractivity contribution in [3.8, 4) is 11.5 Å². The molecule has 0 bridgehead atoms. The van der Waals surface area contributed by atoms with Crippen molar-refractivity contribution in [2.75, 3.05) is 19.5 Å². The first-order valence-corrected chi connectivity index (χ1v) is 7.83. The van der Waals surface area contributed by atoms with Crippen molar-refractivity contribution in [1.82, 2.24) is 5.32 Å². The van der Waals surface area contributed by atoms with E-state index in [1.807, 2.05) is 0 Å². The Hall–Kier alpha value is -2.12. The van der Waals surface area contributed by atoms with Gasteiger partial charge in [0.15, 0.2) is 5.11 Å². The normalized spacial score (nSPS) is 9.87. The zero-order valence-electron chi connectivity index (χ0n) is 12.6. The Morgan fingerprint density at radius 3 is 2.35 bits per heavy atom. The Balaban J connectivity index is 1.98. The van der Waals surface area contributed by atoms with Crippen LogP contribution in [0.25, 0.3) is 0 Å². The van der Waals surface area contributed by atoms with Crippen molar-refractivity contribution in [3.05, 3.63) is 52.5 Å². The average molecular weight is 395 g/mol. The maximum atomic E-state index is 12.2. The lowest BCUT2D eigenvalue weighted by Crippen LogP contribution is -2.34. The third-order valence-corrected chi connectivity index (χ3v) is 3.81. The number of halogens is 1. The number of carbonyl (C=O) groups excluding carboxylic acids is 1. The van der Waals surface area contributed by atoms with E-state index < -0.39 is 0 Å². The second-order valence-corrected chi connectivity index (χ2v) is 5.75. The van der Waals surface area contributed by atoms with Crippen LogP contribution in [-0.4, -0.2) is 25.2 Å². The second-order valence-electron chi connectivity index (χ2n) is 4.49. The predicted molar refractivity (Wildman–Crippen MR) is 97.4 cm³/mol. The van der Waals surface area contributed by atoms with Crippen molar-refractivity contribution in [1.29, 1.82) is 0 Å². The van der Waals surface area contributed by atoms with Gasteiger partial charge in [-0.05, 0) is 70.6 Å². The molecule has 0 spiro atoms. The molecule has 0 fully saturated rings. The molecule has 0 aliphatic heterocycles. The van der Waals surface area contributed by atoms with Crippen LogP contribution in [0.5, 0.6) is 11.5 Å². The molecule has 7 heteroatoms. The first-order valence-electron chi connectivity index (χ1n) is 6.63. The number of hydrogen-bond acceptors (Lipinski definition) is 4. The Kier molecular flexibility index (Phi) is 5.95. The molecular formula is C16H15BrN2O3S. The summed E-state index contributed by atoms with van der Waals surface area (Å²) < 4.78 is 10.9. The van der Waals surface area contributed by atoms with Crippen LogP contribution in [0.3, 0.4) is 0 Å². The summed E-state index contributed by atoms with van der Waals surface area (Å²) in [5.74, 6) is 1.09. The summed E-state index contributed by atoms with van der Waals surface area (Å²) in [5, 5.41) is 5.78. The largest absolute Gasteiger partial charge is 0.497 e. The Morgan fingerprint density at radius 1 is 1.09 bits per heavy atom. The topological polar surface area (TPSA) is 59.6 Å². The molecule has 5 nitrogen and oxygen atoms in total. The molecule has 2 rings (SSSR count). The molecule has 0 saturated heterocycles. The molecule has 1 amide bonds. The van der Waals surface area contributed by atoms with Gasteiger partial charge in [-0.15, -0.1) is 0 Å². The van der Waals surface area contributed by atoms with Crippen molar-refractivity contribution < 1.29 is 14.3 Å². The van der Waals surface area contributed by atoms with Crippen LogP contribution in [0.2, 0.25) is 0 Å². The lowest BCUT2D eigenvalue weighted by molar-refractivity contribution is 0.0977. The van der Waals surface area contributed by atoms with Gasteiger partial charge < -0.3 is 14.8 Å². The number of carbonyl (C=O) groups is 1. The molecule has 0 atom stereocenters. The number of thiocarbonyl (C=S) groups is 1. The van der Waals surface area contributed by atoms with Gasteiger partial charge in [0, 0.05) is 11.3 Å². The fourth-order valence-electron chi connectivity index (χ4n) is 1.82. The number of rotatable bonds is 4. The van der Waals surface area contributed by atoms with E-state index in [-0.39, 0.29) is 11.0 Å². The third-order valence-electron chi connectivity index (χ3n) is 2.99. The third kappa shape index (κ3) is 4.67. The number of ether oxygens (including phenoxy) is 2. The van der Waals surface area contributed by atoms with Crippen LogP contribution in [0.15, 0.2) is 46.9 Å². The summed E-state index contributed by atoms with van der Waals surface area (Å²) in [7, 11) is 3.16. The minimum absolute atomic E-state index is 0.215. The predicted octanol–water partition coefficient (Wildman–Crippen LogP) is 3.59. The zero-order valence-corrected chi connectivity index (χ0v) is 15.0. The number of hydrogen-bond donors (Lipinski definition) is 2. The highest BCUT2D eigenvalue weighted by molar-refractivity contribution is 9.10. The van der Waals surface area contributed by atoms with Crippen molar-refractivity contribution in [2.45, 2.75) is 0 Å². The van der Waals surface area contributed by atoms with Crippen molar-refractivity contribution in [2.24, 2.45) is 0 Å². The molecule has 0 aromatic heterocycles. The van der Waals surface area contributed by atoms with Crippen LogP contribution in [0.1, 0.15) is 10.4 Å². The molecule has 0 saturated carbocycles. The number of amides is 1. The van der Waals surface area contributed by atoms with Gasteiger partial charge in [-0.25, -0.2) is 0 Å². The van der Waals surface area contributed by atoms with Gasteiger partial charge in [0.2, 0.25) is 0 Å². The summed E-state index contributed by atoms with van der Waals surface area (Å²) in [4.78, 5) is 12.2. The first-order chi connectivity index (χ1) is 11.0. The van der Waals surface area contributed by atoms with Gasteiger partial charge >= 0.3 is 0 Å². The first kappa shape index (κ1) is 17.2. The molecule has 0 heterocycles. The van der Waals surface area contributed by atoms with E-state index >= 15 is 0 Å². The van der Waals surface area contributed by atoms with Crippen LogP contribution in [0, 0.1) is 0 Å². The number of benzene rings is 2. The summed E-state index contributed by atoms with van der Waals surface area (Å²) >= 11 is 8.49. The second kappa shape index (κ2) is 7.94. The van der Waals surface area contributed by atoms with Crippen molar-refractivity contribution >= 4 is 44.9 Å². The van der Waals surface area contributed by atoms with Gasteiger partial charge in [-0.2, -0.15) is 0 Å². The fraction of sp³-hybridized carbons (Fsp3) is 0.125. The Labute approximate surface area is 148 Å². The minimum atomic E-state index is -0.306. The maximum absolute atomic E-state index is 12.2. The number of nitrogens with one attached hydrogen (secondary N) is 2. The quantitative estimate of drug-likeness (QED) is 0.775. The molecule has 2 N–H and O–H groups in total. The number of anilines is 1. The fourth-order valence-corrected chi connectivity index (χ4v) is 2.57. The van der Waals surface area contributed by atoms with E-state index in [9.17, 15) is 4.79 Å². The lowest BCUT2D eigenvalue weighted by atomic mass is 10.2. The van der Waals surface area contributed by atoms with Crippen molar-refractivity contribution in [3.63, 3.8) is 0 Å². The summed E-state index contributed by atoms with van der Waals surface area (Å²) in [5.41, 5.74) is 1.23. The molecule has 23 heavy (non-hydrogen) atoms. The van der Waals surface area contributed by atoms with E-state index in [0.717, 1.165) is 11.4 Å². The van der Waals surface area contributed by atoms with E-state index in [0.29, 0.717) is 15.8 Å². The molecule has 2 aromatic rings. The van der Waals surface area contributed by atoms with Gasteiger partial charge in [0.1, 0.15) is 11.5 Å². The SMILES string of the molecule is COc1ccc(NC(=S)NC(=O)c2ccc(OC)c(Br)c2)cc1. The minimum Gasteiger partial charge on any atom is -0.497 e. The summed E-state index contributed by atoms with van der Waals surface area (Å²) in [6.07, 6.45) is 0. The molecule has 120 valence electrons. The number of methoxy groups -OCH3 is 2. The molecule has 2 aromatic carbocycles. The van der Waals surface area contributed by atoms with E-state index in [2.05, 4.69) is 26.6 Å². The molecule has 0 aliphatic rings. The maximum Gasteiger partial charge on any atom is 0.257 e. The van der Waals surface area contributed by atoms with Crippen LogP contribution in [-0.2, 0) is 0 Å². The Bertz CT molecular complexity index is 720.